The van der Waals surface area contributed by atoms with E-state index in [0.29, 0.717) is 48.9 Å². The Kier molecular flexibility index (Phi) is 8.44. The maximum absolute atomic E-state index is 13.9. The summed E-state index contributed by atoms with van der Waals surface area (Å²) in [6.45, 7) is 7.54. The molecule has 0 saturated carbocycles. The van der Waals surface area contributed by atoms with Crippen molar-refractivity contribution in [2.24, 2.45) is 15.2 Å². The molecule has 0 unspecified atom stereocenters. The van der Waals surface area contributed by atoms with Crippen LogP contribution in [0.4, 0.5) is 11.4 Å². The molecule has 1 aliphatic rings. The first kappa shape index (κ1) is 28.7. The normalized spacial score (nSPS) is 15.2. The highest BCUT2D eigenvalue weighted by atomic mass is 32.1. The molecule has 5 rings (SSSR count). The zero-order valence-electron chi connectivity index (χ0n) is 23.6. The number of thiazole rings is 1. The highest BCUT2D eigenvalue weighted by Gasteiger charge is 2.33. The van der Waals surface area contributed by atoms with Gasteiger partial charge in [-0.1, -0.05) is 41.7 Å². The topological polar surface area (TPSA) is 115 Å². The Balaban J connectivity index is 1.60. The van der Waals surface area contributed by atoms with Gasteiger partial charge in [0.05, 0.1) is 45.9 Å². The van der Waals surface area contributed by atoms with Gasteiger partial charge in [0, 0.05) is 5.56 Å². The summed E-state index contributed by atoms with van der Waals surface area (Å²) < 4.78 is 13.0. The fourth-order valence-corrected chi connectivity index (χ4v) is 5.62. The van der Waals surface area contributed by atoms with Crippen molar-refractivity contribution in [3.05, 3.63) is 115 Å². The molecular weight excluding hydrogens is 552 g/mol. The lowest BCUT2D eigenvalue weighted by Crippen LogP contribution is -2.39. The van der Waals surface area contributed by atoms with Crippen molar-refractivity contribution in [1.29, 1.82) is 0 Å². The lowest BCUT2D eigenvalue weighted by molar-refractivity contribution is -0.139. The summed E-state index contributed by atoms with van der Waals surface area (Å²) in [4.78, 5) is 32.1. The number of esters is 1. The summed E-state index contributed by atoms with van der Waals surface area (Å²) >= 11 is 1.17. The van der Waals surface area contributed by atoms with Gasteiger partial charge >= 0.3 is 5.97 Å². The fraction of sp³-hybridized carbons (Fsp3) is 0.219. The molecule has 0 fully saturated rings. The minimum Gasteiger partial charge on any atom is -0.507 e. The number of fused-ring (bicyclic) bond motifs is 1. The molecule has 0 saturated heterocycles. The van der Waals surface area contributed by atoms with Crippen LogP contribution in [0.3, 0.4) is 0 Å². The molecule has 9 nitrogen and oxygen atoms in total. The highest BCUT2D eigenvalue weighted by molar-refractivity contribution is 7.07. The third-order valence-corrected chi connectivity index (χ3v) is 7.40. The average molecular weight is 583 g/mol. The number of phenolic OH excluding ortho intramolecular Hbond substituents is 1. The molecule has 3 aromatic carbocycles. The van der Waals surface area contributed by atoms with E-state index in [-0.39, 0.29) is 24.0 Å². The van der Waals surface area contributed by atoms with Crippen LogP contribution in [0, 0.1) is 0 Å². The molecule has 42 heavy (non-hydrogen) atoms. The number of nitrogens with zero attached hydrogens (tertiary/aromatic N) is 4. The number of allylic oxidation sites excluding steroid dienone is 1. The number of aromatic hydroxyl groups is 1. The van der Waals surface area contributed by atoms with Crippen LogP contribution >= 0.6 is 11.3 Å². The van der Waals surface area contributed by atoms with Gasteiger partial charge < -0.3 is 14.6 Å². The van der Waals surface area contributed by atoms with Crippen LogP contribution in [0.15, 0.2) is 104 Å². The number of phenols is 1. The van der Waals surface area contributed by atoms with E-state index < -0.39 is 12.0 Å². The van der Waals surface area contributed by atoms with Gasteiger partial charge in [0.1, 0.15) is 11.5 Å². The predicted octanol–water partition coefficient (Wildman–Crippen LogP) is 5.71. The zero-order valence-corrected chi connectivity index (χ0v) is 24.5. The van der Waals surface area contributed by atoms with Gasteiger partial charge in [0.2, 0.25) is 0 Å². The Bertz CT molecular complexity index is 1860. The zero-order chi connectivity index (χ0) is 29.8. The predicted molar refractivity (Wildman–Crippen MR) is 161 cm³/mol. The highest BCUT2D eigenvalue weighted by Crippen LogP contribution is 2.32. The molecule has 214 valence electrons. The minimum absolute atomic E-state index is 0.000448. The van der Waals surface area contributed by atoms with Crippen LogP contribution in [0.25, 0.3) is 6.08 Å². The third kappa shape index (κ3) is 6.08. The second-order valence-corrected chi connectivity index (χ2v) is 10.8. The van der Waals surface area contributed by atoms with E-state index in [2.05, 4.69) is 15.2 Å². The Morgan fingerprint density at radius 3 is 2.48 bits per heavy atom. The lowest BCUT2D eigenvalue weighted by Gasteiger charge is -2.25. The van der Waals surface area contributed by atoms with Crippen molar-refractivity contribution >= 4 is 34.8 Å². The average Bonchev–Trinajstić information content (AvgIpc) is 3.27. The lowest BCUT2D eigenvalue weighted by atomic mass is 9.96. The number of hydrogen-bond acceptors (Lipinski definition) is 9. The number of hydrogen-bond donors (Lipinski definition) is 1. The van der Waals surface area contributed by atoms with Gasteiger partial charge in [-0.3, -0.25) is 9.36 Å². The van der Waals surface area contributed by atoms with Crippen molar-refractivity contribution in [1.82, 2.24) is 4.57 Å². The number of ether oxygens (including phenoxy) is 2. The molecule has 0 aliphatic carbocycles. The molecule has 2 heterocycles. The van der Waals surface area contributed by atoms with Crippen LogP contribution in [-0.2, 0) is 9.53 Å². The molecule has 1 N–H and O–H groups in total. The van der Waals surface area contributed by atoms with Gasteiger partial charge in [0.15, 0.2) is 4.80 Å². The number of azo groups is 1. The maximum Gasteiger partial charge on any atom is 0.338 e. The second kappa shape index (κ2) is 12.4. The summed E-state index contributed by atoms with van der Waals surface area (Å²) in [6, 6.07) is 20.7. The quantitative estimate of drug-likeness (QED) is 0.211. The molecule has 1 aromatic heterocycles. The number of carbonyl (C=O) groups excluding carboxylic acids is 1. The third-order valence-electron chi connectivity index (χ3n) is 6.42. The number of benzene rings is 3. The summed E-state index contributed by atoms with van der Waals surface area (Å²) in [6.07, 6.45) is 1.60. The monoisotopic (exact) mass is 582 g/mol. The molecule has 10 heteroatoms. The van der Waals surface area contributed by atoms with Crippen LogP contribution in [0.5, 0.6) is 11.5 Å². The largest absolute Gasteiger partial charge is 0.507 e. The van der Waals surface area contributed by atoms with Crippen molar-refractivity contribution in [2.45, 2.75) is 39.8 Å². The maximum atomic E-state index is 13.9. The van der Waals surface area contributed by atoms with E-state index in [0.717, 1.165) is 0 Å². The van der Waals surface area contributed by atoms with E-state index in [1.165, 1.54) is 22.0 Å². The SMILES string of the molecule is CCOC(=O)C1=C(C)N=c2s/c(=C\c3cc(N=Nc4ccccc4)ccc3O)c(=O)n2[C@H]1c1ccc(OC(C)C)cc1. The van der Waals surface area contributed by atoms with Gasteiger partial charge in [-0.15, -0.1) is 0 Å². The van der Waals surface area contributed by atoms with Gasteiger partial charge in [-0.2, -0.15) is 10.2 Å². The second-order valence-electron chi connectivity index (χ2n) is 9.82. The Hall–Kier alpha value is -4.83. The molecule has 0 amide bonds. The summed E-state index contributed by atoms with van der Waals surface area (Å²) in [5, 5.41) is 19.1. The van der Waals surface area contributed by atoms with Gasteiger partial charge in [0.25, 0.3) is 5.56 Å². The molecule has 4 aromatic rings. The fourth-order valence-electron chi connectivity index (χ4n) is 4.58. The van der Waals surface area contributed by atoms with E-state index in [4.69, 9.17) is 9.47 Å². The van der Waals surface area contributed by atoms with Crippen molar-refractivity contribution in [3.8, 4) is 11.5 Å². The van der Waals surface area contributed by atoms with Gasteiger partial charge in [-0.05, 0) is 81.8 Å². The first-order valence-corrected chi connectivity index (χ1v) is 14.3. The van der Waals surface area contributed by atoms with Crippen molar-refractivity contribution < 1.29 is 19.4 Å². The first-order chi connectivity index (χ1) is 20.2. The minimum atomic E-state index is -0.754. The summed E-state index contributed by atoms with van der Waals surface area (Å²) in [7, 11) is 0. The molecule has 0 radical (unpaired) electrons. The standard InChI is InChI=1S/C32H30N4O5S/c1-5-40-31(39)28-20(4)33-32-36(29(28)21-11-14-25(15-12-21)41-19(2)3)30(38)27(42-32)18-22-17-24(13-16-26(22)37)35-34-23-9-7-6-8-10-23/h6-19,29,37H,5H2,1-4H3/b27-18-,35-34?/t29-/m0/s1. The Morgan fingerprint density at radius 1 is 1.07 bits per heavy atom. The molecule has 1 atom stereocenters. The van der Waals surface area contributed by atoms with E-state index in [1.54, 1.807) is 32.1 Å². The smallest absolute Gasteiger partial charge is 0.338 e. The van der Waals surface area contributed by atoms with Crippen LogP contribution < -0.4 is 19.6 Å². The van der Waals surface area contributed by atoms with Crippen LogP contribution in [0.1, 0.15) is 44.9 Å². The molecule has 0 spiro atoms. The van der Waals surface area contributed by atoms with Crippen molar-refractivity contribution in [3.63, 3.8) is 0 Å². The summed E-state index contributed by atoms with van der Waals surface area (Å²) in [5.41, 5.74) is 2.73. The van der Waals surface area contributed by atoms with Gasteiger partial charge in [-0.25, -0.2) is 9.79 Å². The molecular formula is C32H30N4O5S. The Morgan fingerprint density at radius 2 is 1.79 bits per heavy atom. The number of carbonyl (C=O) groups is 1. The van der Waals surface area contributed by atoms with E-state index in [9.17, 15) is 14.7 Å². The number of aromatic nitrogens is 1. The molecule has 1 aliphatic heterocycles. The number of rotatable bonds is 8. The first-order valence-electron chi connectivity index (χ1n) is 13.5. The van der Waals surface area contributed by atoms with E-state index >= 15 is 0 Å². The molecule has 0 bridgehead atoms. The summed E-state index contributed by atoms with van der Waals surface area (Å²) in [5.74, 6) is 0.133. The van der Waals surface area contributed by atoms with Crippen LogP contribution in [-0.4, -0.2) is 28.4 Å². The van der Waals surface area contributed by atoms with E-state index in [1.807, 2.05) is 68.4 Å². The van der Waals surface area contributed by atoms with Crippen molar-refractivity contribution in [2.75, 3.05) is 6.61 Å². The van der Waals surface area contributed by atoms with Crippen LogP contribution in [0.2, 0.25) is 0 Å². The Labute approximate surface area is 246 Å².